The van der Waals surface area contributed by atoms with Gasteiger partial charge < -0.3 is 0 Å². The van der Waals surface area contributed by atoms with Gasteiger partial charge in [0.2, 0.25) is 0 Å². The van der Waals surface area contributed by atoms with Crippen molar-refractivity contribution in [2.45, 2.75) is 81.1 Å². The summed E-state index contributed by atoms with van der Waals surface area (Å²) < 4.78 is 1.86. The van der Waals surface area contributed by atoms with Crippen molar-refractivity contribution in [1.82, 2.24) is 0 Å². The Balaban J connectivity index is 2.06. The van der Waals surface area contributed by atoms with Crippen molar-refractivity contribution in [1.29, 1.82) is 0 Å². The number of rotatable bonds is 10. The molecular weight excluding hydrogens is 256 g/mol. The fourth-order valence-electron chi connectivity index (χ4n) is 2.15. The van der Waals surface area contributed by atoms with Crippen molar-refractivity contribution in [2.75, 3.05) is 0 Å². The van der Waals surface area contributed by atoms with E-state index >= 15 is 0 Å². The molecule has 1 heterocycles. The lowest BCUT2D eigenvalue weighted by Crippen LogP contribution is -2.13. The minimum Gasteiger partial charge on any atom is -0.137 e. The zero-order chi connectivity index (χ0) is 13.3. The molecule has 0 atom stereocenters. The van der Waals surface area contributed by atoms with Crippen molar-refractivity contribution in [3.63, 3.8) is 0 Å². The molecule has 0 fully saturated rings. The van der Waals surface area contributed by atoms with Crippen LogP contribution in [0.15, 0.2) is 21.7 Å². The Morgan fingerprint density at radius 2 is 1.72 bits per heavy atom. The van der Waals surface area contributed by atoms with Crippen LogP contribution < -0.4 is 0 Å². The third-order valence-corrected chi connectivity index (χ3v) is 5.55. The molecule has 0 nitrogen and oxygen atoms in total. The van der Waals surface area contributed by atoms with Gasteiger partial charge in [0.15, 0.2) is 0 Å². The maximum Gasteiger partial charge on any atom is 0.0603 e. The van der Waals surface area contributed by atoms with Gasteiger partial charge in [0, 0.05) is 4.75 Å². The lowest BCUT2D eigenvalue weighted by Gasteiger charge is -2.23. The summed E-state index contributed by atoms with van der Waals surface area (Å²) in [6.07, 6.45) is 11.2. The van der Waals surface area contributed by atoms with E-state index in [-0.39, 0.29) is 0 Å². The first-order chi connectivity index (χ1) is 8.64. The molecule has 0 spiro atoms. The van der Waals surface area contributed by atoms with Crippen molar-refractivity contribution < 1.29 is 0 Å². The van der Waals surface area contributed by atoms with Gasteiger partial charge in [0.05, 0.1) is 4.21 Å². The topological polar surface area (TPSA) is 0 Å². The SMILES string of the molecule is CCCCCCCCCC(C)(C)Sc1cccs1. The molecule has 0 aliphatic rings. The second kappa shape index (κ2) is 9.03. The second-order valence-electron chi connectivity index (χ2n) is 5.67. The molecule has 1 rings (SSSR count). The Morgan fingerprint density at radius 1 is 1.06 bits per heavy atom. The first-order valence-corrected chi connectivity index (χ1v) is 9.06. The third kappa shape index (κ3) is 7.48. The standard InChI is InChI=1S/C16H28S2/c1-4-5-6-7-8-9-10-13-16(2,3)18-15-12-11-14-17-15/h11-12,14H,4-10,13H2,1-3H3. The van der Waals surface area contributed by atoms with Crippen molar-refractivity contribution in [2.24, 2.45) is 0 Å². The van der Waals surface area contributed by atoms with Crippen LogP contribution in [0.2, 0.25) is 0 Å². The first kappa shape index (κ1) is 16.1. The average Bonchev–Trinajstić information content (AvgIpc) is 2.80. The van der Waals surface area contributed by atoms with Crippen LogP contribution in [0, 0.1) is 0 Å². The van der Waals surface area contributed by atoms with Gasteiger partial charge in [-0.3, -0.25) is 0 Å². The van der Waals surface area contributed by atoms with Crippen LogP contribution in [0.5, 0.6) is 0 Å². The molecule has 0 saturated heterocycles. The Labute approximate surface area is 122 Å². The van der Waals surface area contributed by atoms with E-state index in [1.165, 1.54) is 55.6 Å². The monoisotopic (exact) mass is 284 g/mol. The lowest BCUT2D eigenvalue weighted by molar-refractivity contribution is 0.536. The van der Waals surface area contributed by atoms with Crippen LogP contribution in [0.3, 0.4) is 0 Å². The number of hydrogen-bond acceptors (Lipinski definition) is 2. The summed E-state index contributed by atoms with van der Waals surface area (Å²) in [5.74, 6) is 0. The maximum atomic E-state index is 2.38. The average molecular weight is 285 g/mol. The quantitative estimate of drug-likeness (QED) is 0.338. The summed E-state index contributed by atoms with van der Waals surface area (Å²) in [6.45, 7) is 7.05. The summed E-state index contributed by atoms with van der Waals surface area (Å²) in [6, 6.07) is 4.39. The normalized spacial score (nSPS) is 11.9. The molecule has 1 aromatic rings. The molecule has 0 N–H and O–H groups in total. The number of unbranched alkanes of at least 4 members (excludes halogenated alkanes) is 6. The van der Waals surface area contributed by atoms with E-state index < -0.39 is 0 Å². The molecule has 0 bridgehead atoms. The fourth-order valence-corrected chi connectivity index (χ4v) is 4.57. The zero-order valence-corrected chi connectivity index (χ0v) is 13.8. The fraction of sp³-hybridized carbons (Fsp3) is 0.750. The molecule has 0 aliphatic heterocycles. The highest BCUT2D eigenvalue weighted by molar-refractivity contribution is 8.02. The summed E-state index contributed by atoms with van der Waals surface area (Å²) in [7, 11) is 0. The predicted molar refractivity (Wildman–Crippen MR) is 86.9 cm³/mol. The van der Waals surface area contributed by atoms with E-state index in [0.29, 0.717) is 4.75 Å². The minimum atomic E-state index is 0.397. The van der Waals surface area contributed by atoms with Crippen molar-refractivity contribution in [3.05, 3.63) is 17.5 Å². The lowest BCUT2D eigenvalue weighted by atomic mass is 10.0. The van der Waals surface area contributed by atoms with Crippen LogP contribution in [0.25, 0.3) is 0 Å². The summed E-state index contributed by atoms with van der Waals surface area (Å²) in [5, 5.41) is 2.17. The van der Waals surface area contributed by atoms with E-state index in [1.807, 2.05) is 23.1 Å². The van der Waals surface area contributed by atoms with E-state index in [1.54, 1.807) is 0 Å². The molecule has 0 amide bonds. The molecule has 104 valence electrons. The van der Waals surface area contributed by atoms with Crippen molar-refractivity contribution in [3.8, 4) is 0 Å². The van der Waals surface area contributed by atoms with Gasteiger partial charge in [-0.2, -0.15) is 0 Å². The number of hydrogen-bond donors (Lipinski definition) is 0. The molecule has 0 radical (unpaired) electrons. The zero-order valence-electron chi connectivity index (χ0n) is 12.2. The third-order valence-electron chi connectivity index (χ3n) is 3.25. The van der Waals surface area contributed by atoms with E-state index in [0.717, 1.165) is 0 Å². The highest BCUT2D eigenvalue weighted by atomic mass is 32.2. The Kier molecular flexibility index (Phi) is 8.08. The van der Waals surface area contributed by atoms with E-state index in [9.17, 15) is 0 Å². The first-order valence-electron chi connectivity index (χ1n) is 7.36. The van der Waals surface area contributed by atoms with Crippen LogP contribution in [-0.2, 0) is 0 Å². The summed E-state index contributed by atoms with van der Waals surface area (Å²) in [4.78, 5) is 0. The van der Waals surface area contributed by atoms with Gasteiger partial charge in [0.1, 0.15) is 0 Å². The highest BCUT2D eigenvalue weighted by Crippen LogP contribution is 2.38. The van der Waals surface area contributed by atoms with Crippen molar-refractivity contribution >= 4 is 23.1 Å². The Hall–Kier alpha value is 0.0500. The van der Waals surface area contributed by atoms with Crippen LogP contribution in [-0.4, -0.2) is 4.75 Å². The van der Waals surface area contributed by atoms with Gasteiger partial charge in [0.25, 0.3) is 0 Å². The van der Waals surface area contributed by atoms with Gasteiger partial charge >= 0.3 is 0 Å². The summed E-state index contributed by atoms with van der Waals surface area (Å²) >= 11 is 3.91. The van der Waals surface area contributed by atoms with Crippen LogP contribution in [0.4, 0.5) is 0 Å². The smallest absolute Gasteiger partial charge is 0.0603 e. The molecule has 0 aliphatic carbocycles. The van der Waals surface area contributed by atoms with Gasteiger partial charge in [-0.25, -0.2) is 0 Å². The van der Waals surface area contributed by atoms with Gasteiger partial charge in [-0.05, 0) is 17.9 Å². The molecule has 2 heteroatoms. The molecule has 0 unspecified atom stereocenters. The van der Waals surface area contributed by atoms with E-state index in [2.05, 4.69) is 38.3 Å². The van der Waals surface area contributed by atoms with Crippen LogP contribution >= 0.6 is 23.1 Å². The predicted octanol–water partition coefficient (Wildman–Crippen LogP) is 6.76. The van der Waals surface area contributed by atoms with Crippen LogP contribution in [0.1, 0.15) is 72.1 Å². The Morgan fingerprint density at radius 3 is 2.33 bits per heavy atom. The molecule has 0 saturated carbocycles. The maximum absolute atomic E-state index is 2.38. The molecule has 0 aromatic carbocycles. The number of thioether (sulfide) groups is 1. The van der Waals surface area contributed by atoms with E-state index in [4.69, 9.17) is 0 Å². The number of thiophene rings is 1. The Bertz CT molecular complexity index is 288. The van der Waals surface area contributed by atoms with Gasteiger partial charge in [-0.1, -0.05) is 71.8 Å². The summed E-state index contributed by atoms with van der Waals surface area (Å²) in [5.41, 5.74) is 0. The molecule has 1 aromatic heterocycles. The second-order valence-corrected chi connectivity index (χ2v) is 8.62. The minimum absolute atomic E-state index is 0.397. The largest absolute Gasteiger partial charge is 0.137 e. The van der Waals surface area contributed by atoms with Gasteiger partial charge in [-0.15, -0.1) is 23.1 Å². The molecule has 18 heavy (non-hydrogen) atoms. The highest BCUT2D eigenvalue weighted by Gasteiger charge is 2.19. The molecular formula is C16H28S2.